The predicted molar refractivity (Wildman–Crippen MR) is 94.1 cm³/mol. The third-order valence-corrected chi connectivity index (χ3v) is 4.93. The van der Waals surface area contributed by atoms with Crippen LogP contribution >= 0.6 is 11.8 Å². The summed E-state index contributed by atoms with van der Waals surface area (Å²) in [7, 11) is -3.12. The van der Waals surface area contributed by atoms with Gasteiger partial charge in [0.15, 0.2) is 9.84 Å². The molecule has 0 unspecified atom stereocenters. The van der Waals surface area contributed by atoms with Crippen LogP contribution < -0.4 is 0 Å². The van der Waals surface area contributed by atoms with E-state index < -0.39 is 9.84 Å². The summed E-state index contributed by atoms with van der Waals surface area (Å²) in [4.78, 5) is 0. The van der Waals surface area contributed by atoms with E-state index in [9.17, 15) is 8.42 Å². The molecular formula is C17H22FeO3S2+2. The van der Waals surface area contributed by atoms with Gasteiger partial charge < -0.3 is 4.74 Å². The Morgan fingerprint density at radius 2 is 1.57 bits per heavy atom. The molecule has 126 valence electrons. The van der Waals surface area contributed by atoms with Crippen molar-refractivity contribution >= 4 is 21.6 Å². The fourth-order valence-electron chi connectivity index (χ4n) is 1.50. The minimum absolute atomic E-state index is 0. The first-order valence-electron chi connectivity index (χ1n) is 7.02. The van der Waals surface area contributed by atoms with Crippen LogP contribution in [-0.2, 0) is 31.6 Å². The molecule has 0 bridgehead atoms. The van der Waals surface area contributed by atoms with Crippen LogP contribution in [-0.4, -0.2) is 38.9 Å². The molecule has 10 radical (unpaired) electrons. The van der Waals surface area contributed by atoms with E-state index in [2.05, 4.69) is 19.4 Å². The molecule has 0 aliphatic heterocycles. The Labute approximate surface area is 157 Å². The van der Waals surface area contributed by atoms with Crippen LogP contribution in [0.5, 0.6) is 0 Å². The molecule has 6 heteroatoms. The first-order valence-corrected chi connectivity index (χ1v) is 9.89. The first kappa shape index (κ1) is 23.5. The number of rotatable bonds is 9. The summed E-state index contributed by atoms with van der Waals surface area (Å²) in [5.41, 5.74) is 0. The van der Waals surface area contributed by atoms with E-state index in [0.717, 1.165) is 16.9 Å². The molecule has 0 saturated heterocycles. The molecule has 0 aromatic carbocycles. The Balaban J connectivity index is 0.000000684. The van der Waals surface area contributed by atoms with Gasteiger partial charge in [-0.2, -0.15) is 11.8 Å². The summed E-state index contributed by atoms with van der Waals surface area (Å²) >= 11 is 1.78. The van der Waals surface area contributed by atoms with Gasteiger partial charge in [0.2, 0.25) is 0 Å². The molecule has 0 N–H and O–H groups in total. The van der Waals surface area contributed by atoms with Crippen molar-refractivity contribution in [2.24, 2.45) is 0 Å². The van der Waals surface area contributed by atoms with E-state index in [1.807, 2.05) is 44.9 Å². The van der Waals surface area contributed by atoms with Crippen LogP contribution in [0.25, 0.3) is 0 Å². The summed E-state index contributed by atoms with van der Waals surface area (Å²) in [6, 6.07) is 0. The van der Waals surface area contributed by atoms with Gasteiger partial charge in [-0.3, -0.25) is 0 Å². The molecule has 0 aromatic rings. The first-order chi connectivity index (χ1) is 10.6. The van der Waals surface area contributed by atoms with Crippen LogP contribution in [0.2, 0.25) is 0 Å². The molecule has 3 nitrogen and oxygen atoms in total. The van der Waals surface area contributed by atoms with Crippen molar-refractivity contribution < 1.29 is 30.2 Å². The predicted octanol–water partition coefficient (Wildman–Crippen LogP) is 2.72. The van der Waals surface area contributed by atoms with Gasteiger partial charge in [-0.15, -0.1) is 0 Å². The second kappa shape index (κ2) is 14.8. The van der Waals surface area contributed by atoms with Crippen molar-refractivity contribution in [2.45, 2.75) is 0 Å². The fraction of sp³-hybridized carbons (Fsp3) is 0.294. The molecule has 23 heavy (non-hydrogen) atoms. The van der Waals surface area contributed by atoms with Crippen LogP contribution in [0.3, 0.4) is 0 Å². The third-order valence-electron chi connectivity index (χ3n) is 2.69. The van der Waals surface area contributed by atoms with Crippen molar-refractivity contribution in [1.29, 1.82) is 0 Å². The molecule has 2 aliphatic carbocycles. The van der Waals surface area contributed by atoms with Crippen molar-refractivity contribution in [3.05, 3.63) is 75.7 Å². The van der Waals surface area contributed by atoms with Gasteiger partial charge in [-0.1, -0.05) is 6.58 Å². The maximum atomic E-state index is 11.0. The number of ether oxygens (including phenoxy) is 1. The largest absolute Gasteiger partial charge is 2.00 e. The Hall–Kier alpha value is 0.519. The van der Waals surface area contributed by atoms with E-state index >= 15 is 0 Å². The summed E-state index contributed by atoms with van der Waals surface area (Å²) in [6.45, 7) is 4.06. The van der Waals surface area contributed by atoms with Gasteiger partial charge in [0.1, 0.15) is 0 Å². The molecule has 0 spiro atoms. The number of sulfone groups is 1. The fourth-order valence-corrected chi connectivity index (χ4v) is 2.82. The van der Waals surface area contributed by atoms with Crippen LogP contribution in [0.15, 0.2) is 12.0 Å². The summed E-state index contributed by atoms with van der Waals surface area (Å²) in [5.74, 6) is 3.18. The average molecular weight is 394 g/mol. The molecule has 2 saturated carbocycles. The van der Waals surface area contributed by atoms with E-state index in [4.69, 9.17) is 4.74 Å². The van der Waals surface area contributed by atoms with E-state index in [0.29, 0.717) is 6.61 Å². The second-order valence-corrected chi connectivity index (χ2v) is 7.63. The summed E-state index contributed by atoms with van der Waals surface area (Å²) < 4.78 is 27.3. The zero-order chi connectivity index (χ0) is 16.1. The van der Waals surface area contributed by atoms with E-state index in [1.165, 1.54) is 5.92 Å². The molecular weight excluding hydrogens is 372 g/mol. The molecule has 2 aliphatic rings. The van der Waals surface area contributed by atoms with Crippen LogP contribution in [0, 0.1) is 63.7 Å². The van der Waals surface area contributed by atoms with Crippen molar-refractivity contribution in [3.63, 3.8) is 0 Å². The normalized spacial score (nSPS) is 18.1. The van der Waals surface area contributed by atoms with Gasteiger partial charge in [0.05, 0.1) is 19.0 Å². The van der Waals surface area contributed by atoms with Crippen molar-refractivity contribution in [3.8, 4) is 0 Å². The molecule has 0 amide bonds. The minimum Gasteiger partial charge on any atom is -0.380 e. The van der Waals surface area contributed by atoms with Gasteiger partial charge in [0.25, 0.3) is 0 Å². The van der Waals surface area contributed by atoms with Gasteiger partial charge in [0, 0.05) is 16.9 Å². The average Bonchev–Trinajstić information content (AvgIpc) is 3.22. The molecule has 2 rings (SSSR count). The monoisotopic (exact) mass is 394 g/mol. The third kappa shape index (κ3) is 13.5. The van der Waals surface area contributed by atoms with Crippen LogP contribution in [0.4, 0.5) is 0 Å². The maximum Gasteiger partial charge on any atom is 2.00 e. The van der Waals surface area contributed by atoms with E-state index in [-0.39, 0.29) is 29.4 Å². The Morgan fingerprint density at radius 1 is 1.00 bits per heavy atom. The molecule has 0 heterocycles. The Kier molecular flexibility index (Phi) is 15.2. The summed E-state index contributed by atoms with van der Waals surface area (Å²) in [5, 5.41) is 0.973. The molecule has 0 atom stereocenters. The zero-order valence-corrected chi connectivity index (χ0v) is 15.6. The van der Waals surface area contributed by atoms with Crippen molar-refractivity contribution in [2.75, 3.05) is 30.5 Å². The number of hydrogen-bond acceptors (Lipinski definition) is 4. The Bertz CT molecular complexity index is 368. The summed E-state index contributed by atoms with van der Waals surface area (Å²) in [6.07, 6.45) is 18.2. The van der Waals surface area contributed by atoms with Gasteiger partial charge in [-0.25, -0.2) is 8.42 Å². The zero-order valence-electron chi connectivity index (χ0n) is 12.9. The van der Waals surface area contributed by atoms with Gasteiger partial charge in [-0.05, 0) is 63.7 Å². The Morgan fingerprint density at radius 3 is 2.09 bits per heavy atom. The van der Waals surface area contributed by atoms with E-state index in [1.54, 1.807) is 11.8 Å². The van der Waals surface area contributed by atoms with Gasteiger partial charge >= 0.3 is 17.1 Å². The van der Waals surface area contributed by atoms with Crippen LogP contribution in [0.1, 0.15) is 0 Å². The maximum absolute atomic E-state index is 11.0. The molecule has 0 aromatic heterocycles. The van der Waals surface area contributed by atoms with Crippen molar-refractivity contribution in [1.82, 2.24) is 0 Å². The quantitative estimate of drug-likeness (QED) is 0.446. The standard InChI is InChI=1S/C12H17O3S2.C5H5.Fe/c1-2-17(13,14)10-8-15-7-9-16-11-12-5-3-4-6-12;1-2-4-5-3-1;/h2-6H,1,7-11H2;1-5H;/q;;+2. The SMILES string of the molecule is C=CS(=O)(=O)CCOCCSC[C]1[CH][CH][CH][CH]1.[CH]1[CH][CH][CH][CH]1.[Fe+2]. The second-order valence-electron chi connectivity index (χ2n) is 4.45. The number of hydrogen-bond donors (Lipinski definition) is 0. The minimum atomic E-state index is -3.12. The smallest absolute Gasteiger partial charge is 0.380 e. The topological polar surface area (TPSA) is 43.4 Å². The molecule has 2 fully saturated rings. The number of thioether (sulfide) groups is 1.